The lowest BCUT2D eigenvalue weighted by Gasteiger charge is -2.00. The molecule has 0 fully saturated rings. The van der Waals surface area contributed by atoms with Gasteiger partial charge in [-0.25, -0.2) is 4.79 Å². The van der Waals surface area contributed by atoms with Crippen LogP contribution in [0.4, 0.5) is 0 Å². The predicted octanol–water partition coefficient (Wildman–Crippen LogP) is -1.50. The molecule has 0 atom stereocenters. The first-order valence-corrected chi connectivity index (χ1v) is 5.76. The molecule has 1 aromatic heterocycles. The molecule has 0 spiro atoms. The van der Waals surface area contributed by atoms with Crippen molar-refractivity contribution in [2.45, 2.75) is 25.7 Å². The number of H-pyrrole nitrogens is 2. The van der Waals surface area contributed by atoms with Crippen molar-refractivity contribution in [1.82, 2.24) is 9.97 Å². The van der Waals surface area contributed by atoms with Gasteiger partial charge in [0.15, 0.2) is 0 Å². The fourth-order valence-corrected chi connectivity index (χ4v) is 1.41. The third-order valence-electron chi connectivity index (χ3n) is 2.35. The Bertz CT molecular complexity index is 572. The van der Waals surface area contributed by atoms with E-state index in [0.717, 1.165) is 0 Å². The van der Waals surface area contributed by atoms with Crippen LogP contribution in [0.25, 0.3) is 0 Å². The van der Waals surface area contributed by atoms with Crippen molar-refractivity contribution in [3.63, 3.8) is 0 Å². The van der Waals surface area contributed by atoms with E-state index in [9.17, 15) is 24.6 Å². The third kappa shape index (κ3) is 5.19. The van der Waals surface area contributed by atoms with E-state index in [-0.39, 0.29) is 12.0 Å². The van der Waals surface area contributed by atoms with Gasteiger partial charge >= 0.3 is 5.69 Å². The second kappa shape index (κ2) is 7.14. The highest BCUT2D eigenvalue weighted by atomic mass is 16.4. The van der Waals surface area contributed by atoms with Crippen LogP contribution < -0.4 is 16.4 Å². The highest BCUT2D eigenvalue weighted by Crippen LogP contribution is 2.02. The molecule has 0 saturated carbocycles. The largest absolute Gasteiger partial charge is 0.550 e. The van der Waals surface area contributed by atoms with E-state index in [1.165, 1.54) is 6.21 Å². The van der Waals surface area contributed by atoms with Gasteiger partial charge in [0.2, 0.25) is 5.88 Å². The average molecular weight is 268 g/mol. The van der Waals surface area contributed by atoms with Crippen LogP contribution in [-0.2, 0) is 4.79 Å². The number of aliphatic imine (C=N–C) groups is 1. The SMILES string of the molecule is O=C([O-])CCCCCN=Cc1c(O)[nH]c(=O)[nH]c1=O. The summed E-state index contributed by atoms with van der Waals surface area (Å²) in [6.07, 6.45) is 3.04. The molecule has 0 aliphatic rings. The number of aromatic hydroxyl groups is 1. The molecule has 0 unspecified atom stereocenters. The van der Waals surface area contributed by atoms with Gasteiger partial charge in [-0.05, 0) is 19.3 Å². The summed E-state index contributed by atoms with van der Waals surface area (Å²) < 4.78 is 0. The van der Waals surface area contributed by atoms with Gasteiger partial charge in [-0.15, -0.1) is 0 Å². The molecular formula is C11H14N3O5-. The summed E-state index contributed by atoms with van der Waals surface area (Å²) in [4.78, 5) is 40.2. The lowest BCUT2D eigenvalue weighted by atomic mass is 10.2. The number of aromatic amines is 2. The molecule has 0 aliphatic carbocycles. The van der Waals surface area contributed by atoms with Gasteiger partial charge in [0.25, 0.3) is 5.56 Å². The fourth-order valence-electron chi connectivity index (χ4n) is 1.41. The second-order valence-corrected chi connectivity index (χ2v) is 3.89. The van der Waals surface area contributed by atoms with Crippen molar-refractivity contribution in [3.05, 3.63) is 26.4 Å². The van der Waals surface area contributed by atoms with E-state index in [2.05, 4.69) is 4.99 Å². The number of aromatic nitrogens is 2. The minimum Gasteiger partial charge on any atom is -0.550 e. The number of hydrogen-bond donors (Lipinski definition) is 3. The van der Waals surface area contributed by atoms with Crippen LogP contribution in [0.15, 0.2) is 14.6 Å². The lowest BCUT2D eigenvalue weighted by Crippen LogP contribution is -2.24. The Labute approximate surface area is 107 Å². The molecule has 0 aromatic carbocycles. The molecule has 0 aliphatic heterocycles. The smallest absolute Gasteiger partial charge is 0.328 e. The number of rotatable bonds is 7. The van der Waals surface area contributed by atoms with Crippen LogP contribution in [0.1, 0.15) is 31.2 Å². The topological polar surface area (TPSA) is 138 Å². The van der Waals surface area contributed by atoms with E-state index >= 15 is 0 Å². The van der Waals surface area contributed by atoms with Crippen molar-refractivity contribution in [2.24, 2.45) is 4.99 Å². The van der Waals surface area contributed by atoms with E-state index in [0.29, 0.717) is 25.8 Å². The van der Waals surface area contributed by atoms with Gasteiger partial charge in [0, 0.05) is 18.7 Å². The number of aliphatic carboxylic acids is 1. The lowest BCUT2D eigenvalue weighted by molar-refractivity contribution is -0.305. The first kappa shape index (κ1) is 14.7. The minimum atomic E-state index is -1.08. The van der Waals surface area contributed by atoms with Crippen molar-refractivity contribution < 1.29 is 15.0 Å². The van der Waals surface area contributed by atoms with Crippen LogP contribution in [0, 0.1) is 0 Å². The molecule has 0 amide bonds. The van der Waals surface area contributed by atoms with Gasteiger partial charge < -0.3 is 15.0 Å². The summed E-state index contributed by atoms with van der Waals surface area (Å²) >= 11 is 0. The third-order valence-corrected chi connectivity index (χ3v) is 2.35. The van der Waals surface area contributed by atoms with Gasteiger partial charge in [0.1, 0.15) is 5.56 Å². The molecule has 1 heterocycles. The summed E-state index contributed by atoms with van der Waals surface area (Å²) in [7, 11) is 0. The van der Waals surface area contributed by atoms with Crippen molar-refractivity contribution in [1.29, 1.82) is 0 Å². The average Bonchev–Trinajstić information content (AvgIpc) is 2.30. The van der Waals surface area contributed by atoms with Gasteiger partial charge in [-0.1, -0.05) is 6.42 Å². The Morgan fingerprint density at radius 1 is 1.26 bits per heavy atom. The van der Waals surface area contributed by atoms with Crippen molar-refractivity contribution in [2.75, 3.05) is 6.54 Å². The van der Waals surface area contributed by atoms with Gasteiger partial charge in [0.05, 0.1) is 0 Å². The standard InChI is InChI=1S/C11H15N3O5/c15-8(16)4-2-1-3-5-12-6-7-9(17)13-11(19)14-10(7)18/h6H,1-5H2,(H,15,16)(H3,13,14,17,18,19)/p-1. The van der Waals surface area contributed by atoms with Gasteiger partial charge in [-0.3, -0.25) is 19.8 Å². The van der Waals surface area contributed by atoms with Crippen LogP contribution >= 0.6 is 0 Å². The number of unbranched alkanes of at least 4 members (excludes halogenated alkanes) is 2. The van der Waals surface area contributed by atoms with Crippen LogP contribution in [0.5, 0.6) is 5.88 Å². The van der Waals surface area contributed by atoms with E-state index in [4.69, 9.17) is 0 Å². The number of hydrogen-bond acceptors (Lipinski definition) is 6. The summed E-state index contributed by atoms with van der Waals surface area (Å²) in [6.45, 7) is 0.394. The monoisotopic (exact) mass is 268 g/mol. The van der Waals surface area contributed by atoms with Crippen LogP contribution in [-0.4, -0.2) is 33.8 Å². The zero-order valence-corrected chi connectivity index (χ0v) is 10.1. The molecule has 1 rings (SSSR count). The molecule has 3 N–H and O–H groups in total. The molecule has 8 nitrogen and oxygen atoms in total. The predicted molar refractivity (Wildman–Crippen MR) is 65.3 cm³/mol. The maximum absolute atomic E-state index is 11.3. The molecule has 0 radical (unpaired) electrons. The van der Waals surface area contributed by atoms with Crippen molar-refractivity contribution >= 4 is 12.2 Å². The summed E-state index contributed by atoms with van der Waals surface area (Å²) in [6, 6.07) is 0. The summed E-state index contributed by atoms with van der Waals surface area (Å²) in [5.41, 5.74) is -1.63. The number of carboxylic acids is 1. The quantitative estimate of drug-likeness (QED) is 0.408. The molecule has 1 aromatic rings. The number of nitrogens with zero attached hydrogens (tertiary/aromatic N) is 1. The minimum absolute atomic E-state index is 0.0179. The van der Waals surface area contributed by atoms with E-state index in [1.54, 1.807) is 0 Å². The highest BCUT2D eigenvalue weighted by Gasteiger charge is 2.04. The maximum Gasteiger partial charge on any atom is 0.328 e. The Hall–Kier alpha value is -2.38. The second-order valence-electron chi connectivity index (χ2n) is 3.89. The first-order chi connectivity index (χ1) is 9.00. The zero-order valence-electron chi connectivity index (χ0n) is 10.1. The molecule has 104 valence electrons. The van der Waals surface area contributed by atoms with E-state index in [1.807, 2.05) is 9.97 Å². The summed E-state index contributed by atoms with van der Waals surface area (Å²) in [5.74, 6) is -1.61. The maximum atomic E-state index is 11.3. The Morgan fingerprint density at radius 2 is 2.00 bits per heavy atom. The zero-order chi connectivity index (χ0) is 14.3. The van der Waals surface area contributed by atoms with Crippen molar-refractivity contribution in [3.8, 4) is 5.88 Å². The normalized spacial score (nSPS) is 10.9. The number of carboxylic acid groups (broad SMARTS) is 1. The van der Waals surface area contributed by atoms with Gasteiger partial charge in [-0.2, -0.15) is 0 Å². The van der Waals surface area contributed by atoms with Crippen LogP contribution in [0.2, 0.25) is 0 Å². The molecule has 19 heavy (non-hydrogen) atoms. The first-order valence-electron chi connectivity index (χ1n) is 5.76. The molecule has 0 saturated heterocycles. The fraction of sp³-hybridized carbons (Fsp3) is 0.455. The Morgan fingerprint density at radius 3 is 2.63 bits per heavy atom. The molecule has 8 heteroatoms. The van der Waals surface area contributed by atoms with Crippen LogP contribution in [0.3, 0.4) is 0 Å². The number of carbonyl (C=O) groups is 1. The van der Waals surface area contributed by atoms with E-state index < -0.39 is 23.1 Å². The number of carbonyl (C=O) groups excluding carboxylic acids is 1. The molecule has 0 bridgehead atoms. The Kier molecular flexibility index (Phi) is 5.52. The summed E-state index contributed by atoms with van der Waals surface area (Å²) in [5, 5.41) is 19.5. The number of nitrogens with one attached hydrogen (secondary N) is 2. The Balaban J connectivity index is 2.44. The highest BCUT2D eigenvalue weighted by molar-refractivity contribution is 5.81. The molecular weight excluding hydrogens is 254 g/mol.